The third-order valence-electron chi connectivity index (χ3n) is 3.99. The molecular formula is C20H10F6N2. The van der Waals surface area contributed by atoms with Crippen LogP contribution in [0.25, 0.3) is 22.4 Å². The summed E-state index contributed by atoms with van der Waals surface area (Å²) in [5, 5.41) is 9.37. The molecule has 0 N–H and O–H groups in total. The SMILES string of the molecule is N#Cc1cc(-c2cccc(C(F)(F)F)c2)cnc1-c1cccc(C(F)(F)F)c1. The van der Waals surface area contributed by atoms with Gasteiger partial charge in [0.25, 0.3) is 0 Å². The molecule has 2 aromatic carbocycles. The maximum Gasteiger partial charge on any atom is 0.416 e. The summed E-state index contributed by atoms with van der Waals surface area (Å²) in [6.45, 7) is 0. The largest absolute Gasteiger partial charge is 0.416 e. The van der Waals surface area contributed by atoms with Gasteiger partial charge in [-0.05, 0) is 35.9 Å². The van der Waals surface area contributed by atoms with Crippen molar-refractivity contribution < 1.29 is 26.3 Å². The number of hydrogen-bond donors (Lipinski definition) is 0. The van der Waals surface area contributed by atoms with Gasteiger partial charge in [-0.25, -0.2) is 0 Å². The van der Waals surface area contributed by atoms with Gasteiger partial charge in [-0.15, -0.1) is 0 Å². The molecule has 0 saturated carbocycles. The highest BCUT2D eigenvalue weighted by atomic mass is 19.4. The average Bonchev–Trinajstić information content (AvgIpc) is 2.66. The molecule has 1 heterocycles. The molecule has 0 saturated heterocycles. The predicted molar refractivity (Wildman–Crippen MR) is 89.8 cm³/mol. The van der Waals surface area contributed by atoms with Gasteiger partial charge in [-0.1, -0.05) is 24.3 Å². The van der Waals surface area contributed by atoms with Gasteiger partial charge in [-0.3, -0.25) is 4.98 Å². The molecule has 28 heavy (non-hydrogen) atoms. The van der Waals surface area contributed by atoms with Crippen molar-refractivity contribution in [3.63, 3.8) is 0 Å². The van der Waals surface area contributed by atoms with Gasteiger partial charge in [0, 0.05) is 17.3 Å². The molecule has 142 valence electrons. The van der Waals surface area contributed by atoms with Crippen LogP contribution in [0.4, 0.5) is 26.3 Å². The first-order chi connectivity index (χ1) is 13.1. The molecule has 0 amide bonds. The lowest BCUT2D eigenvalue weighted by molar-refractivity contribution is -0.138. The van der Waals surface area contributed by atoms with Crippen LogP contribution in [0.3, 0.4) is 0 Å². The lowest BCUT2D eigenvalue weighted by atomic mass is 9.99. The van der Waals surface area contributed by atoms with Crippen LogP contribution in [-0.4, -0.2) is 4.98 Å². The number of rotatable bonds is 2. The van der Waals surface area contributed by atoms with Gasteiger partial charge in [0.05, 0.1) is 22.4 Å². The smallest absolute Gasteiger partial charge is 0.254 e. The lowest BCUT2D eigenvalue weighted by Gasteiger charge is -2.11. The molecule has 0 aliphatic heterocycles. The minimum atomic E-state index is -4.55. The van der Waals surface area contributed by atoms with E-state index in [0.717, 1.165) is 24.3 Å². The van der Waals surface area contributed by atoms with E-state index in [1.807, 2.05) is 6.07 Å². The molecule has 0 aliphatic carbocycles. The Morgan fingerprint density at radius 3 is 1.79 bits per heavy atom. The second-order valence-electron chi connectivity index (χ2n) is 5.89. The average molecular weight is 392 g/mol. The third-order valence-corrected chi connectivity index (χ3v) is 3.99. The quantitative estimate of drug-likeness (QED) is 0.478. The molecule has 0 unspecified atom stereocenters. The first-order valence-electron chi connectivity index (χ1n) is 7.85. The van der Waals surface area contributed by atoms with Crippen molar-refractivity contribution in [3.05, 3.63) is 77.5 Å². The minimum Gasteiger partial charge on any atom is -0.254 e. The fourth-order valence-electron chi connectivity index (χ4n) is 2.66. The highest BCUT2D eigenvalue weighted by Crippen LogP contribution is 2.35. The highest BCUT2D eigenvalue weighted by Gasteiger charge is 2.31. The van der Waals surface area contributed by atoms with Crippen LogP contribution in [0.2, 0.25) is 0 Å². The van der Waals surface area contributed by atoms with Crippen LogP contribution in [-0.2, 0) is 12.4 Å². The Bertz CT molecular complexity index is 1060. The Morgan fingerprint density at radius 1 is 0.714 bits per heavy atom. The number of pyridine rings is 1. The summed E-state index contributed by atoms with van der Waals surface area (Å²) in [5.41, 5.74) is -1.25. The number of alkyl halides is 6. The maximum atomic E-state index is 12.9. The summed E-state index contributed by atoms with van der Waals surface area (Å²) in [4.78, 5) is 4.04. The first-order valence-corrected chi connectivity index (χ1v) is 7.85. The van der Waals surface area contributed by atoms with E-state index >= 15 is 0 Å². The van der Waals surface area contributed by atoms with Crippen LogP contribution < -0.4 is 0 Å². The zero-order valence-corrected chi connectivity index (χ0v) is 13.9. The monoisotopic (exact) mass is 392 g/mol. The summed E-state index contributed by atoms with van der Waals surface area (Å²) in [5.74, 6) is 0. The third kappa shape index (κ3) is 3.98. The predicted octanol–water partition coefficient (Wildman–Crippen LogP) is 6.32. The molecule has 1 aromatic heterocycles. The van der Waals surface area contributed by atoms with Crippen molar-refractivity contribution in [1.29, 1.82) is 5.26 Å². The molecule has 0 radical (unpaired) electrons. The molecule has 0 bridgehead atoms. The van der Waals surface area contributed by atoms with Crippen molar-refractivity contribution in [1.82, 2.24) is 4.98 Å². The molecule has 0 fully saturated rings. The standard InChI is InChI=1S/C20H10F6N2/c21-19(22,23)16-5-1-3-12(8-16)15-7-14(10-27)18(28-11-15)13-4-2-6-17(9-13)20(24,25)26/h1-9,11H. The zero-order chi connectivity index (χ0) is 20.5. The molecule has 8 heteroatoms. The van der Waals surface area contributed by atoms with Gasteiger partial charge >= 0.3 is 12.4 Å². The van der Waals surface area contributed by atoms with Gasteiger partial charge in [0.2, 0.25) is 0 Å². The van der Waals surface area contributed by atoms with E-state index in [0.29, 0.717) is 0 Å². The number of hydrogen-bond acceptors (Lipinski definition) is 2. The Morgan fingerprint density at radius 2 is 1.25 bits per heavy atom. The van der Waals surface area contributed by atoms with E-state index in [1.54, 1.807) is 0 Å². The van der Waals surface area contributed by atoms with Crippen molar-refractivity contribution in [2.24, 2.45) is 0 Å². The Balaban J connectivity index is 2.07. The second-order valence-corrected chi connectivity index (χ2v) is 5.89. The summed E-state index contributed by atoms with van der Waals surface area (Å²) < 4.78 is 77.4. The van der Waals surface area contributed by atoms with Gasteiger partial charge in [0.15, 0.2) is 0 Å². The van der Waals surface area contributed by atoms with Crippen LogP contribution in [0.15, 0.2) is 60.8 Å². The molecular weight excluding hydrogens is 382 g/mol. The number of aromatic nitrogens is 1. The Hall–Kier alpha value is -3.34. The minimum absolute atomic E-state index is 0.0179. The Kier molecular flexibility index (Phi) is 4.86. The molecule has 3 aromatic rings. The van der Waals surface area contributed by atoms with Crippen LogP contribution in [0.5, 0.6) is 0 Å². The fourth-order valence-corrected chi connectivity index (χ4v) is 2.66. The molecule has 3 rings (SSSR count). The van der Waals surface area contributed by atoms with E-state index in [9.17, 15) is 31.6 Å². The highest BCUT2D eigenvalue weighted by molar-refractivity contribution is 5.73. The summed E-state index contributed by atoms with van der Waals surface area (Å²) in [6.07, 6.45) is -7.85. The van der Waals surface area contributed by atoms with Crippen LogP contribution >= 0.6 is 0 Å². The van der Waals surface area contributed by atoms with Crippen molar-refractivity contribution in [2.75, 3.05) is 0 Å². The summed E-state index contributed by atoms with van der Waals surface area (Å²) in [7, 11) is 0. The van der Waals surface area contributed by atoms with E-state index in [-0.39, 0.29) is 27.9 Å². The first kappa shape index (κ1) is 19.4. The van der Waals surface area contributed by atoms with E-state index in [1.165, 1.54) is 36.5 Å². The van der Waals surface area contributed by atoms with E-state index in [4.69, 9.17) is 0 Å². The number of nitriles is 1. The number of halogens is 6. The maximum absolute atomic E-state index is 12.9. The zero-order valence-electron chi connectivity index (χ0n) is 13.9. The van der Waals surface area contributed by atoms with Gasteiger partial charge in [-0.2, -0.15) is 31.6 Å². The van der Waals surface area contributed by atoms with Crippen molar-refractivity contribution in [3.8, 4) is 28.5 Å². The van der Waals surface area contributed by atoms with E-state index < -0.39 is 23.5 Å². The van der Waals surface area contributed by atoms with Gasteiger partial charge < -0.3 is 0 Å². The van der Waals surface area contributed by atoms with E-state index in [2.05, 4.69) is 4.98 Å². The molecule has 0 aliphatic rings. The van der Waals surface area contributed by atoms with Gasteiger partial charge in [0.1, 0.15) is 6.07 Å². The lowest BCUT2D eigenvalue weighted by Crippen LogP contribution is -2.05. The topological polar surface area (TPSA) is 36.7 Å². The second kappa shape index (κ2) is 7.00. The Labute approximate surface area is 155 Å². The van der Waals surface area contributed by atoms with Crippen LogP contribution in [0.1, 0.15) is 16.7 Å². The van der Waals surface area contributed by atoms with Crippen LogP contribution in [0, 0.1) is 11.3 Å². The molecule has 0 atom stereocenters. The molecule has 2 nitrogen and oxygen atoms in total. The molecule has 0 spiro atoms. The fraction of sp³-hybridized carbons (Fsp3) is 0.100. The summed E-state index contributed by atoms with van der Waals surface area (Å²) in [6, 6.07) is 12.0. The van der Waals surface area contributed by atoms with Crippen molar-refractivity contribution >= 4 is 0 Å². The normalized spacial score (nSPS) is 11.9. The summed E-state index contributed by atoms with van der Waals surface area (Å²) >= 11 is 0. The number of benzene rings is 2. The number of nitrogens with zero attached hydrogens (tertiary/aromatic N) is 2. The van der Waals surface area contributed by atoms with Crippen molar-refractivity contribution in [2.45, 2.75) is 12.4 Å².